The quantitative estimate of drug-likeness (QED) is 0.661. The molecule has 3 aromatic rings. The Hall–Kier alpha value is -2.44. The van der Waals surface area contributed by atoms with Gasteiger partial charge in [-0.1, -0.05) is 24.3 Å². The maximum absolute atomic E-state index is 14.5. The SMILES string of the molecule is COc1ccc(C(c2csc3ccccc23)N2CCCC(C(=O)O)C2)cc1F. The number of carboxylic acid groups (broad SMARTS) is 1. The molecule has 0 spiro atoms. The van der Waals surface area contributed by atoms with Crippen LogP contribution in [0, 0.1) is 11.7 Å². The number of likely N-dealkylation sites (tertiary alicyclic amines) is 1. The van der Waals surface area contributed by atoms with Crippen LogP contribution >= 0.6 is 11.3 Å². The van der Waals surface area contributed by atoms with E-state index in [0.717, 1.165) is 29.5 Å². The van der Waals surface area contributed by atoms with Crippen LogP contribution in [0.15, 0.2) is 47.8 Å². The molecule has 2 unspecified atom stereocenters. The lowest BCUT2D eigenvalue weighted by Gasteiger charge is -2.37. The number of carboxylic acids is 1. The summed E-state index contributed by atoms with van der Waals surface area (Å²) in [5, 5.41) is 12.8. The van der Waals surface area contributed by atoms with Crippen LogP contribution < -0.4 is 4.74 Å². The van der Waals surface area contributed by atoms with Crippen LogP contribution in [0.3, 0.4) is 0 Å². The molecule has 1 aliphatic heterocycles. The molecular formula is C22H22FNO3S. The van der Waals surface area contributed by atoms with Gasteiger partial charge in [0.1, 0.15) is 0 Å². The van der Waals surface area contributed by atoms with E-state index in [-0.39, 0.29) is 11.8 Å². The minimum Gasteiger partial charge on any atom is -0.494 e. The van der Waals surface area contributed by atoms with Crippen molar-refractivity contribution in [3.63, 3.8) is 0 Å². The Morgan fingerprint density at radius 3 is 2.89 bits per heavy atom. The number of benzene rings is 2. The molecule has 0 radical (unpaired) electrons. The number of thiophene rings is 1. The molecule has 0 aliphatic carbocycles. The Balaban J connectivity index is 1.81. The number of piperidine rings is 1. The molecule has 2 atom stereocenters. The topological polar surface area (TPSA) is 49.8 Å². The molecule has 0 amide bonds. The second-order valence-electron chi connectivity index (χ2n) is 7.16. The fourth-order valence-electron chi connectivity index (χ4n) is 4.09. The molecule has 6 heteroatoms. The highest BCUT2D eigenvalue weighted by molar-refractivity contribution is 7.17. The predicted molar refractivity (Wildman–Crippen MR) is 109 cm³/mol. The van der Waals surface area contributed by atoms with Crippen molar-refractivity contribution < 1.29 is 19.0 Å². The van der Waals surface area contributed by atoms with E-state index in [1.54, 1.807) is 17.4 Å². The summed E-state index contributed by atoms with van der Waals surface area (Å²) in [6.07, 6.45) is 1.49. The van der Waals surface area contributed by atoms with Crippen molar-refractivity contribution in [2.45, 2.75) is 18.9 Å². The highest BCUT2D eigenvalue weighted by atomic mass is 32.1. The second-order valence-corrected chi connectivity index (χ2v) is 8.07. The molecular weight excluding hydrogens is 377 g/mol. The van der Waals surface area contributed by atoms with Gasteiger partial charge in [-0.05, 0) is 59.5 Å². The molecule has 146 valence electrons. The minimum atomic E-state index is -0.764. The number of carbonyl (C=O) groups is 1. The first kappa shape index (κ1) is 18.9. The summed E-state index contributed by atoms with van der Waals surface area (Å²) in [4.78, 5) is 13.8. The lowest BCUT2D eigenvalue weighted by atomic mass is 9.91. The van der Waals surface area contributed by atoms with Crippen LogP contribution in [0.25, 0.3) is 10.1 Å². The van der Waals surface area contributed by atoms with E-state index in [2.05, 4.69) is 22.4 Å². The molecule has 1 saturated heterocycles. The highest BCUT2D eigenvalue weighted by Crippen LogP contribution is 2.39. The minimum absolute atomic E-state index is 0.196. The van der Waals surface area contributed by atoms with E-state index in [1.165, 1.54) is 17.9 Å². The van der Waals surface area contributed by atoms with Crippen LogP contribution in [0.5, 0.6) is 5.75 Å². The fourth-order valence-corrected chi connectivity index (χ4v) is 5.07. The van der Waals surface area contributed by atoms with Crippen molar-refractivity contribution in [1.82, 2.24) is 4.90 Å². The van der Waals surface area contributed by atoms with Gasteiger partial charge >= 0.3 is 5.97 Å². The van der Waals surface area contributed by atoms with Crippen molar-refractivity contribution in [3.8, 4) is 5.75 Å². The highest BCUT2D eigenvalue weighted by Gasteiger charge is 2.32. The van der Waals surface area contributed by atoms with Gasteiger partial charge in [-0.2, -0.15) is 0 Å². The third-order valence-corrected chi connectivity index (χ3v) is 6.45. The monoisotopic (exact) mass is 399 g/mol. The van der Waals surface area contributed by atoms with Crippen molar-refractivity contribution in [2.24, 2.45) is 5.92 Å². The van der Waals surface area contributed by atoms with Gasteiger partial charge < -0.3 is 9.84 Å². The summed E-state index contributed by atoms with van der Waals surface area (Å²) >= 11 is 1.66. The molecule has 4 rings (SSSR count). The van der Waals surface area contributed by atoms with E-state index in [0.29, 0.717) is 13.0 Å². The number of ether oxygens (including phenoxy) is 1. The number of aliphatic carboxylic acids is 1. The molecule has 2 heterocycles. The molecule has 2 aromatic carbocycles. The molecule has 1 aromatic heterocycles. The zero-order chi connectivity index (χ0) is 19.7. The van der Waals surface area contributed by atoms with Crippen LogP contribution in [0.1, 0.15) is 30.0 Å². The van der Waals surface area contributed by atoms with Gasteiger partial charge in [0.25, 0.3) is 0 Å². The van der Waals surface area contributed by atoms with Crippen molar-refractivity contribution >= 4 is 27.4 Å². The number of methoxy groups -OCH3 is 1. The summed E-state index contributed by atoms with van der Waals surface area (Å²) in [5.41, 5.74) is 1.91. The third kappa shape index (κ3) is 3.50. The molecule has 0 saturated carbocycles. The number of halogens is 1. The number of fused-ring (bicyclic) bond motifs is 1. The Labute approximate surface area is 167 Å². The zero-order valence-corrected chi connectivity index (χ0v) is 16.4. The van der Waals surface area contributed by atoms with Crippen LogP contribution in [0.4, 0.5) is 4.39 Å². The van der Waals surface area contributed by atoms with Crippen LogP contribution in [-0.2, 0) is 4.79 Å². The van der Waals surface area contributed by atoms with E-state index in [4.69, 9.17) is 4.74 Å². The first-order valence-corrected chi connectivity index (χ1v) is 10.2. The van der Waals surface area contributed by atoms with E-state index >= 15 is 0 Å². The number of hydrogen-bond acceptors (Lipinski definition) is 4. The Morgan fingerprint density at radius 1 is 1.32 bits per heavy atom. The summed E-state index contributed by atoms with van der Waals surface area (Å²) in [5.74, 6) is -1.36. The van der Waals surface area contributed by atoms with Gasteiger partial charge in [-0.3, -0.25) is 9.69 Å². The third-order valence-electron chi connectivity index (χ3n) is 5.46. The average molecular weight is 399 g/mol. The molecule has 28 heavy (non-hydrogen) atoms. The van der Waals surface area contributed by atoms with Crippen molar-refractivity contribution in [1.29, 1.82) is 0 Å². The normalized spacial score (nSPS) is 18.9. The summed E-state index contributed by atoms with van der Waals surface area (Å²) in [6, 6.07) is 13.0. The molecule has 1 aliphatic rings. The van der Waals surface area contributed by atoms with Gasteiger partial charge in [0, 0.05) is 11.2 Å². The lowest BCUT2D eigenvalue weighted by molar-refractivity contribution is -0.143. The largest absolute Gasteiger partial charge is 0.494 e. The standard InChI is InChI=1S/C22H22FNO3S/c1-27-19-9-8-14(11-18(19)23)21(24-10-4-5-15(12-24)22(25)26)17-13-28-20-7-3-2-6-16(17)20/h2-3,6-9,11,13,15,21H,4-5,10,12H2,1H3,(H,25,26). The molecule has 4 nitrogen and oxygen atoms in total. The summed E-state index contributed by atoms with van der Waals surface area (Å²) in [6.45, 7) is 1.24. The first-order chi connectivity index (χ1) is 13.6. The Bertz CT molecular complexity index is 1000. The maximum Gasteiger partial charge on any atom is 0.307 e. The summed E-state index contributed by atoms with van der Waals surface area (Å²) < 4.78 is 20.7. The number of hydrogen-bond donors (Lipinski definition) is 1. The average Bonchev–Trinajstić information content (AvgIpc) is 3.12. The predicted octanol–water partition coefficient (Wildman–Crippen LogP) is 4.94. The van der Waals surface area contributed by atoms with Gasteiger partial charge in [-0.15, -0.1) is 11.3 Å². The first-order valence-electron chi connectivity index (χ1n) is 9.35. The molecule has 0 bridgehead atoms. The Kier molecular flexibility index (Phi) is 5.33. The second kappa shape index (κ2) is 7.89. The van der Waals surface area contributed by atoms with Crippen molar-refractivity contribution in [3.05, 3.63) is 64.8 Å². The molecule has 1 fully saturated rings. The number of rotatable bonds is 5. The fraction of sp³-hybridized carbons (Fsp3) is 0.318. The van der Waals surface area contributed by atoms with Crippen LogP contribution in [-0.4, -0.2) is 36.2 Å². The van der Waals surface area contributed by atoms with E-state index < -0.39 is 17.7 Å². The van der Waals surface area contributed by atoms with E-state index in [9.17, 15) is 14.3 Å². The van der Waals surface area contributed by atoms with Crippen molar-refractivity contribution in [2.75, 3.05) is 20.2 Å². The zero-order valence-electron chi connectivity index (χ0n) is 15.6. The lowest BCUT2D eigenvalue weighted by Crippen LogP contribution is -2.41. The summed E-state index contributed by atoms with van der Waals surface area (Å²) in [7, 11) is 1.45. The maximum atomic E-state index is 14.5. The van der Waals surface area contributed by atoms with Gasteiger partial charge in [0.15, 0.2) is 11.6 Å². The van der Waals surface area contributed by atoms with Crippen LogP contribution in [0.2, 0.25) is 0 Å². The van der Waals surface area contributed by atoms with Gasteiger partial charge in [0.05, 0.1) is 19.1 Å². The number of nitrogens with zero attached hydrogens (tertiary/aromatic N) is 1. The van der Waals surface area contributed by atoms with E-state index in [1.807, 2.05) is 18.2 Å². The molecule has 1 N–H and O–H groups in total. The van der Waals surface area contributed by atoms with Gasteiger partial charge in [0.2, 0.25) is 0 Å². The Morgan fingerprint density at radius 2 is 2.14 bits per heavy atom. The smallest absolute Gasteiger partial charge is 0.307 e. The van der Waals surface area contributed by atoms with Gasteiger partial charge in [-0.25, -0.2) is 4.39 Å².